The largest absolute Gasteiger partial charge is 0.348 e. The second kappa shape index (κ2) is 9.44. The lowest BCUT2D eigenvalue weighted by atomic mass is 9.84. The van der Waals surface area contributed by atoms with Gasteiger partial charge in [0.05, 0.1) is 10.7 Å². The third-order valence-electron chi connectivity index (χ3n) is 5.15. The molecule has 1 aliphatic carbocycles. The van der Waals surface area contributed by atoms with Crippen LogP contribution in [0.2, 0.25) is 5.02 Å². The molecule has 144 valence electrons. The van der Waals surface area contributed by atoms with Gasteiger partial charge in [0.2, 0.25) is 0 Å². The lowest BCUT2D eigenvalue weighted by molar-refractivity contribution is 0.0915. The van der Waals surface area contributed by atoms with Crippen LogP contribution in [0.5, 0.6) is 0 Å². The molecule has 4 N–H and O–H groups in total. The standard InChI is InChI=1S/C18H25ClN4O2.ClH/c19-14-7-6-13(10-16(14)23-9-8-21-18(23)25)17(24)22-15(11-20)12-4-2-1-3-5-12;/h6-7,10,12,15H,1-5,8-9,11,20H2,(H,21,25)(H,22,24);1H. The molecule has 0 aromatic heterocycles. The van der Waals surface area contributed by atoms with E-state index in [0.717, 1.165) is 12.8 Å². The molecule has 1 aliphatic heterocycles. The molecule has 2 fully saturated rings. The van der Waals surface area contributed by atoms with Gasteiger partial charge in [-0.2, -0.15) is 0 Å². The first-order valence-electron chi connectivity index (χ1n) is 8.96. The minimum atomic E-state index is -0.193. The zero-order valence-electron chi connectivity index (χ0n) is 14.7. The average Bonchev–Trinajstić information content (AvgIpc) is 3.06. The van der Waals surface area contributed by atoms with Gasteiger partial charge in [0.1, 0.15) is 0 Å². The van der Waals surface area contributed by atoms with Gasteiger partial charge in [-0.3, -0.25) is 9.69 Å². The minimum Gasteiger partial charge on any atom is -0.348 e. The summed E-state index contributed by atoms with van der Waals surface area (Å²) in [4.78, 5) is 26.1. The van der Waals surface area contributed by atoms with Gasteiger partial charge in [-0.25, -0.2) is 4.79 Å². The normalized spacial score (nSPS) is 18.8. The minimum absolute atomic E-state index is 0. The molecule has 1 saturated carbocycles. The fraction of sp³-hybridized carbons (Fsp3) is 0.556. The number of benzene rings is 1. The SMILES string of the molecule is Cl.NCC(NC(=O)c1ccc(Cl)c(N2CCNC2=O)c1)C1CCCCC1. The number of anilines is 1. The van der Waals surface area contributed by atoms with Crippen molar-refractivity contribution >= 4 is 41.6 Å². The number of rotatable bonds is 5. The summed E-state index contributed by atoms with van der Waals surface area (Å²) in [6.07, 6.45) is 5.89. The number of amides is 3. The van der Waals surface area contributed by atoms with E-state index in [-0.39, 0.29) is 30.4 Å². The summed E-state index contributed by atoms with van der Waals surface area (Å²) in [6, 6.07) is 4.82. The molecular weight excluding hydrogens is 375 g/mol. The van der Waals surface area contributed by atoms with Crippen LogP contribution < -0.4 is 21.3 Å². The fourth-order valence-corrected chi connectivity index (χ4v) is 3.94. The van der Waals surface area contributed by atoms with Gasteiger partial charge in [-0.15, -0.1) is 12.4 Å². The third kappa shape index (κ3) is 4.61. The highest BCUT2D eigenvalue weighted by Gasteiger charge is 2.26. The summed E-state index contributed by atoms with van der Waals surface area (Å²) < 4.78 is 0. The molecule has 6 nitrogen and oxygen atoms in total. The van der Waals surface area contributed by atoms with Crippen LogP contribution in [-0.4, -0.2) is 37.6 Å². The number of hydrogen-bond donors (Lipinski definition) is 3. The van der Waals surface area contributed by atoms with E-state index < -0.39 is 0 Å². The molecule has 26 heavy (non-hydrogen) atoms. The molecule has 1 unspecified atom stereocenters. The highest BCUT2D eigenvalue weighted by Crippen LogP contribution is 2.29. The first kappa shape index (κ1) is 20.8. The summed E-state index contributed by atoms with van der Waals surface area (Å²) in [5.74, 6) is 0.275. The number of nitrogens with two attached hydrogens (primary N) is 1. The Morgan fingerprint density at radius 1 is 1.35 bits per heavy atom. The van der Waals surface area contributed by atoms with Crippen molar-refractivity contribution in [3.05, 3.63) is 28.8 Å². The fourth-order valence-electron chi connectivity index (χ4n) is 3.72. The predicted molar refractivity (Wildman–Crippen MR) is 106 cm³/mol. The van der Waals surface area contributed by atoms with Gasteiger partial charge in [-0.1, -0.05) is 30.9 Å². The van der Waals surface area contributed by atoms with E-state index in [9.17, 15) is 9.59 Å². The van der Waals surface area contributed by atoms with Crippen LogP contribution in [0, 0.1) is 5.92 Å². The number of urea groups is 1. The number of carbonyl (C=O) groups is 2. The Hall–Kier alpha value is -1.50. The number of nitrogens with one attached hydrogen (secondary N) is 2. The molecule has 0 radical (unpaired) electrons. The molecule has 0 bridgehead atoms. The maximum absolute atomic E-state index is 12.7. The molecular formula is C18H26Cl2N4O2. The molecule has 1 heterocycles. The second-order valence-corrected chi connectivity index (χ2v) is 7.17. The average molecular weight is 401 g/mol. The molecule has 2 aliphatic rings. The van der Waals surface area contributed by atoms with Crippen molar-refractivity contribution in [3.63, 3.8) is 0 Å². The Morgan fingerprint density at radius 2 is 2.08 bits per heavy atom. The number of halogens is 2. The van der Waals surface area contributed by atoms with Gasteiger partial charge < -0.3 is 16.4 Å². The summed E-state index contributed by atoms with van der Waals surface area (Å²) >= 11 is 6.23. The highest BCUT2D eigenvalue weighted by molar-refractivity contribution is 6.34. The zero-order valence-corrected chi connectivity index (χ0v) is 16.2. The van der Waals surface area contributed by atoms with E-state index in [1.54, 1.807) is 23.1 Å². The first-order valence-corrected chi connectivity index (χ1v) is 9.34. The van der Waals surface area contributed by atoms with Crippen LogP contribution in [-0.2, 0) is 0 Å². The summed E-state index contributed by atoms with van der Waals surface area (Å²) in [5.41, 5.74) is 6.96. The summed E-state index contributed by atoms with van der Waals surface area (Å²) in [7, 11) is 0. The lowest BCUT2D eigenvalue weighted by Gasteiger charge is -2.30. The van der Waals surface area contributed by atoms with Crippen molar-refractivity contribution in [2.24, 2.45) is 11.7 Å². The van der Waals surface area contributed by atoms with E-state index in [0.29, 0.717) is 41.8 Å². The van der Waals surface area contributed by atoms with Gasteiger partial charge >= 0.3 is 6.03 Å². The van der Waals surface area contributed by atoms with Crippen LogP contribution in [0.3, 0.4) is 0 Å². The van der Waals surface area contributed by atoms with E-state index in [4.69, 9.17) is 17.3 Å². The van der Waals surface area contributed by atoms with Crippen LogP contribution in [0.15, 0.2) is 18.2 Å². The topological polar surface area (TPSA) is 87.5 Å². The van der Waals surface area contributed by atoms with E-state index >= 15 is 0 Å². The van der Waals surface area contributed by atoms with Crippen LogP contribution >= 0.6 is 24.0 Å². The first-order chi connectivity index (χ1) is 12.1. The maximum Gasteiger partial charge on any atom is 0.322 e. The van der Waals surface area contributed by atoms with Gasteiger partial charge in [-0.05, 0) is 37.0 Å². The quantitative estimate of drug-likeness (QED) is 0.709. The Balaban J connectivity index is 0.00000243. The van der Waals surface area contributed by atoms with Crippen molar-refractivity contribution < 1.29 is 9.59 Å². The number of hydrogen-bond acceptors (Lipinski definition) is 3. The molecule has 1 saturated heterocycles. The van der Waals surface area contributed by atoms with Crippen molar-refractivity contribution in [2.75, 3.05) is 24.5 Å². The molecule has 3 amide bonds. The molecule has 8 heteroatoms. The van der Waals surface area contributed by atoms with E-state index in [2.05, 4.69) is 10.6 Å². The third-order valence-corrected chi connectivity index (χ3v) is 5.46. The molecule has 3 rings (SSSR count). The second-order valence-electron chi connectivity index (χ2n) is 6.76. The van der Waals surface area contributed by atoms with Gasteiger partial charge in [0.15, 0.2) is 0 Å². The van der Waals surface area contributed by atoms with Crippen molar-refractivity contribution in [1.29, 1.82) is 0 Å². The van der Waals surface area contributed by atoms with E-state index in [1.165, 1.54) is 19.3 Å². The van der Waals surface area contributed by atoms with Crippen LogP contribution in [0.1, 0.15) is 42.5 Å². The maximum atomic E-state index is 12.7. The Morgan fingerprint density at radius 3 is 2.69 bits per heavy atom. The smallest absolute Gasteiger partial charge is 0.322 e. The molecule has 1 aromatic rings. The predicted octanol–water partition coefficient (Wildman–Crippen LogP) is 2.93. The highest BCUT2D eigenvalue weighted by atomic mass is 35.5. The molecule has 0 spiro atoms. The Labute approximate surface area is 165 Å². The van der Waals surface area contributed by atoms with E-state index in [1.807, 2.05) is 0 Å². The zero-order chi connectivity index (χ0) is 17.8. The monoisotopic (exact) mass is 400 g/mol. The van der Waals surface area contributed by atoms with Crippen molar-refractivity contribution in [1.82, 2.24) is 10.6 Å². The molecule has 1 aromatic carbocycles. The van der Waals surface area contributed by atoms with Crippen LogP contribution in [0.4, 0.5) is 10.5 Å². The van der Waals surface area contributed by atoms with Gasteiger partial charge in [0, 0.05) is 31.2 Å². The van der Waals surface area contributed by atoms with Gasteiger partial charge in [0.25, 0.3) is 5.91 Å². The molecule has 1 atom stereocenters. The van der Waals surface area contributed by atoms with Crippen molar-refractivity contribution in [2.45, 2.75) is 38.1 Å². The summed E-state index contributed by atoms with van der Waals surface area (Å²) in [6.45, 7) is 1.55. The van der Waals surface area contributed by atoms with Crippen molar-refractivity contribution in [3.8, 4) is 0 Å². The number of carbonyl (C=O) groups excluding carboxylic acids is 2. The Kier molecular flexibility index (Phi) is 7.55. The number of nitrogens with zero attached hydrogens (tertiary/aromatic N) is 1. The Bertz CT molecular complexity index is 650. The van der Waals surface area contributed by atoms with Crippen LogP contribution in [0.25, 0.3) is 0 Å². The lowest BCUT2D eigenvalue weighted by Crippen LogP contribution is -2.46. The summed E-state index contributed by atoms with van der Waals surface area (Å²) in [5, 5.41) is 6.27.